The highest BCUT2D eigenvalue weighted by Gasteiger charge is 2.39. The molecule has 0 saturated carbocycles. The third-order valence-corrected chi connectivity index (χ3v) is 6.33. The van der Waals surface area contributed by atoms with Crippen LogP contribution in [0.15, 0.2) is 22.7 Å². The molecule has 22 heavy (non-hydrogen) atoms. The Hall–Kier alpha value is -0.0800. The van der Waals surface area contributed by atoms with E-state index in [4.69, 9.17) is 0 Å². The van der Waals surface area contributed by atoms with Gasteiger partial charge in [0.25, 0.3) is 0 Å². The third-order valence-electron chi connectivity index (χ3n) is 2.96. The Morgan fingerprint density at radius 2 is 2.00 bits per heavy atom. The molecular formula is C15H21BrFNO2S2. The van der Waals surface area contributed by atoms with E-state index in [1.165, 1.54) is 13.0 Å². The molecule has 0 radical (unpaired) electrons. The molecule has 1 unspecified atom stereocenters. The molecule has 2 atom stereocenters. The van der Waals surface area contributed by atoms with Crippen molar-refractivity contribution in [2.75, 3.05) is 5.75 Å². The normalized spacial score (nSPS) is 16.2. The number of nitrogens with one attached hydrogen (secondary N) is 1. The fourth-order valence-electron chi connectivity index (χ4n) is 1.69. The van der Waals surface area contributed by atoms with E-state index in [1.807, 2.05) is 20.8 Å². The summed E-state index contributed by atoms with van der Waals surface area (Å²) in [5.41, 5.74) is -0.546. The molecule has 0 spiro atoms. The lowest BCUT2D eigenvalue weighted by atomic mass is 9.95. The first kappa shape index (κ1) is 20.0. The second-order valence-electron chi connectivity index (χ2n) is 6.22. The van der Waals surface area contributed by atoms with Crippen molar-refractivity contribution in [2.24, 2.45) is 0 Å². The summed E-state index contributed by atoms with van der Waals surface area (Å²) in [6.07, 6.45) is 0. The molecule has 0 amide bonds. The van der Waals surface area contributed by atoms with Gasteiger partial charge in [-0.3, -0.25) is 4.79 Å². The summed E-state index contributed by atoms with van der Waals surface area (Å²) < 4.78 is 30.0. The van der Waals surface area contributed by atoms with E-state index < -0.39 is 27.5 Å². The lowest BCUT2D eigenvalue weighted by molar-refractivity contribution is -0.109. The maximum Gasteiger partial charge on any atom is 0.185 e. The van der Waals surface area contributed by atoms with Crippen LogP contribution in [0.4, 0.5) is 4.39 Å². The number of rotatable bonds is 5. The average molecular weight is 410 g/mol. The van der Waals surface area contributed by atoms with Gasteiger partial charge in [-0.1, -0.05) is 27.7 Å². The Kier molecular flexibility index (Phi) is 6.95. The van der Waals surface area contributed by atoms with Crippen LogP contribution in [0.1, 0.15) is 40.2 Å². The van der Waals surface area contributed by atoms with E-state index in [0.29, 0.717) is 5.56 Å². The zero-order chi connectivity index (χ0) is 17.1. The summed E-state index contributed by atoms with van der Waals surface area (Å²) in [4.78, 5) is 11.3. The highest BCUT2D eigenvalue weighted by atomic mass is 79.9. The first-order valence-electron chi connectivity index (χ1n) is 6.74. The molecule has 1 aromatic carbocycles. The van der Waals surface area contributed by atoms with Crippen molar-refractivity contribution < 1.29 is 13.7 Å². The first-order valence-corrected chi connectivity index (χ1v) is 9.67. The summed E-state index contributed by atoms with van der Waals surface area (Å²) in [6, 6.07) is 4.62. The van der Waals surface area contributed by atoms with Gasteiger partial charge >= 0.3 is 0 Å². The molecule has 1 N–H and O–H groups in total. The molecular weight excluding hydrogens is 389 g/mol. The molecule has 0 aromatic heterocycles. The molecule has 7 heteroatoms. The Morgan fingerprint density at radius 1 is 1.41 bits per heavy atom. The van der Waals surface area contributed by atoms with Crippen LogP contribution in [0.3, 0.4) is 0 Å². The van der Waals surface area contributed by atoms with Crippen LogP contribution >= 0.6 is 27.7 Å². The van der Waals surface area contributed by atoms with Crippen molar-refractivity contribution in [3.63, 3.8) is 0 Å². The van der Waals surface area contributed by atoms with E-state index in [2.05, 4.69) is 20.7 Å². The van der Waals surface area contributed by atoms with Gasteiger partial charge in [0.2, 0.25) is 0 Å². The molecule has 0 aliphatic rings. The van der Waals surface area contributed by atoms with Gasteiger partial charge in [0.05, 0.1) is 5.54 Å². The Balaban J connectivity index is 3.21. The zero-order valence-corrected chi connectivity index (χ0v) is 16.5. The van der Waals surface area contributed by atoms with Gasteiger partial charge in [-0.25, -0.2) is 4.39 Å². The molecule has 0 heterocycles. The highest BCUT2D eigenvalue weighted by molar-refractivity contribution is 9.10. The first-order chi connectivity index (χ1) is 9.95. The van der Waals surface area contributed by atoms with Gasteiger partial charge in [0.15, 0.2) is 5.12 Å². The number of hydrogen-bond acceptors (Lipinski definition) is 4. The predicted molar refractivity (Wildman–Crippen MR) is 95.6 cm³/mol. The number of carbonyl (C=O) groups excluding carboxylic acids is 1. The zero-order valence-electron chi connectivity index (χ0n) is 13.3. The van der Waals surface area contributed by atoms with Gasteiger partial charge in [0, 0.05) is 34.1 Å². The maximum atomic E-state index is 14.3. The maximum absolute atomic E-state index is 14.3. The van der Waals surface area contributed by atoms with Gasteiger partial charge in [-0.05, 0) is 45.9 Å². The molecule has 1 rings (SSSR count). The monoisotopic (exact) mass is 409 g/mol. The second kappa shape index (κ2) is 7.66. The fraction of sp³-hybridized carbons (Fsp3) is 0.533. The Bertz CT molecular complexity index is 551. The molecule has 0 aliphatic carbocycles. The van der Waals surface area contributed by atoms with E-state index >= 15 is 0 Å². The van der Waals surface area contributed by atoms with Crippen LogP contribution in [-0.2, 0) is 21.7 Å². The standard InChI is InChI=1S/C15H21BrFNO2S2/c1-10(19)21-9-15(5,18-22(20)14(2,3)4)12-8-11(16)6-7-13(12)17/h6-8,18H,9H2,1-5H3/t15-,22?/m0/s1. The van der Waals surface area contributed by atoms with Crippen LogP contribution in [0.2, 0.25) is 0 Å². The minimum Gasteiger partial charge on any atom is -0.598 e. The number of benzene rings is 1. The fourth-order valence-corrected chi connectivity index (χ4v) is 3.76. The van der Waals surface area contributed by atoms with E-state index in [-0.39, 0.29) is 10.9 Å². The summed E-state index contributed by atoms with van der Waals surface area (Å²) in [6.45, 7) is 8.74. The van der Waals surface area contributed by atoms with Crippen molar-refractivity contribution >= 4 is 44.2 Å². The highest BCUT2D eigenvalue weighted by Crippen LogP contribution is 2.32. The van der Waals surface area contributed by atoms with E-state index in [0.717, 1.165) is 16.2 Å². The number of halogens is 2. The Morgan fingerprint density at radius 3 is 2.50 bits per heavy atom. The van der Waals surface area contributed by atoms with E-state index in [1.54, 1.807) is 19.1 Å². The molecule has 0 aliphatic heterocycles. The van der Waals surface area contributed by atoms with Crippen molar-refractivity contribution in [3.05, 3.63) is 34.1 Å². The molecule has 0 fully saturated rings. The molecule has 3 nitrogen and oxygen atoms in total. The van der Waals surface area contributed by atoms with Crippen molar-refractivity contribution in [2.45, 2.75) is 44.9 Å². The summed E-state index contributed by atoms with van der Waals surface area (Å²) >= 11 is 3.02. The van der Waals surface area contributed by atoms with Crippen LogP contribution in [0.5, 0.6) is 0 Å². The van der Waals surface area contributed by atoms with Crippen molar-refractivity contribution in [1.29, 1.82) is 0 Å². The lowest BCUT2D eigenvalue weighted by Crippen LogP contribution is -2.51. The minimum absolute atomic E-state index is 0.0648. The van der Waals surface area contributed by atoms with Crippen LogP contribution in [0.25, 0.3) is 0 Å². The SMILES string of the molecule is CC(=O)SC[C@](C)(N[S+]([O-])C(C)(C)C)c1cc(Br)ccc1F. The molecule has 0 bridgehead atoms. The minimum atomic E-state index is -1.39. The second-order valence-corrected chi connectivity index (χ2v) is 10.3. The summed E-state index contributed by atoms with van der Waals surface area (Å²) in [5.74, 6) is -0.106. The summed E-state index contributed by atoms with van der Waals surface area (Å²) in [5, 5.41) is -0.0648. The molecule has 1 aromatic rings. The third kappa shape index (κ3) is 5.53. The number of thioether (sulfide) groups is 1. The van der Waals surface area contributed by atoms with Crippen molar-refractivity contribution in [3.8, 4) is 0 Å². The topological polar surface area (TPSA) is 52.2 Å². The van der Waals surface area contributed by atoms with Gasteiger partial charge in [0.1, 0.15) is 10.6 Å². The van der Waals surface area contributed by atoms with Gasteiger partial charge in [-0.15, -0.1) is 4.72 Å². The number of carbonyl (C=O) groups is 1. The van der Waals surface area contributed by atoms with E-state index in [9.17, 15) is 13.7 Å². The predicted octanol–water partition coefficient (Wildman–Crippen LogP) is 4.13. The molecule has 124 valence electrons. The quantitative estimate of drug-likeness (QED) is 0.742. The Labute approximate surface area is 147 Å². The lowest BCUT2D eigenvalue weighted by Gasteiger charge is -2.35. The number of hydrogen-bond donors (Lipinski definition) is 1. The molecule has 0 saturated heterocycles. The average Bonchev–Trinajstić information content (AvgIpc) is 2.38. The van der Waals surface area contributed by atoms with Crippen LogP contribution < -0.4 is 4.72 Å². The largest absolute Gasteiger partial charge is 0.598 e. The smallest absolute Gasteiger partial charge is 0.185 e. The van der Waals surface area contributed by atoms with Gasteiger partial charge in [-0.2, -0.15) is 0 Å². The van der Waals surface area contributed by atoms with Gasteiger partial charge < -0.3 is 4.55 Å². The van der Waals surface area contributed by atoms with Crippen LogP contribution in [0, 0.1) is 5.82 Å². The summed E-state index contributed by atoms with van der Waals surface area (Å²) in [7, 11) is 0. The van der Waals surface area contributed by atoms with Crippen LogP contribution in [-0.4, -0.2) is 20.2 Å². The van der Waals surface area contributed by atoms with Crippen molar-refractivity contribution in [1.82, 2.24) is 4.72 Å².